The lowest BCUT2D eigenvalue weighted by atomic mass is 10.1. The monoisotopic (exact) mass is 166 g/mol. The van der Waals surface area contributed by atoms with Crippen LogP contribution < -0.4 is 0 Å². The van der Waals surface area contributed by atoms with Gasteiger partial charge in [0.15, 0.2) is 0 Å². The van der Waals surface area contributed by atoms with E-state index in [-0.39, 0.29) is 0 Å². The molecule has 0 aliphatic rings. The summed E-state index contributed by atoms with van der Waals surface area (Å²) in [6.07, 6.45) is 7.33. The second-order valence-electron chi connectivity index (χ2n) is 2.83. The van der Waals surface area contributed by atoms with Crippen LogP contribution in [0.15, 0.2) is 18.7 Å². The summed E-state index contributed by atoms with van der Waals surface area (Å²) in [6.45, 7) is 2.11. The lowest BCUT2D eigenvalue weighted by Crippen LogP contribution is -1.98. The van der Waals surface area contributed by atoms with Gasteiger partial charge in [-0.05, 0) is 6.42 Å². The Kier molecular flexibility index (Phi) is 3.67. The van der Waals surface area contributed by atoms with Crippen molar-refractivity contribution in [3.05, 3.63) is 24.3 Å². The van der Waals surface area contributed by atoms with Crippen molar-refractivity contribution in [3.63, 3.8) is 0 Å². The fraction of sp³-hybridized carbons (Fsp3) is 0.556. The van der Waals surface area contributed by atoms with E-state index in [0.29, 0.717) is 0 Å². The van der Waals surface area contributed by atoms with Gasteiger partial charge in [0.2, 0.25) is 0 Å². The topological polar surface area (TPSA) is 46.0 Å². The third-order valence-electron chi connectivity index (χ3n) is 1.80. The first kappa shape index (κ1) is 9.13. The number of unbranched alkanes of at least 4 members (excludes halogenated alkanes) is 1. The second-order valence-corrected chi connectivity index (χ2v) is 2.83. The molecular weight excluding hydrogens is 152 g/mol. The number of hydrogen-bond acceptors (Lipinski definition) is 3. The molecule has 0 fully saturated rings. The maximum Gasteiger partial charge on any atom is 0.115 e. The molecule has 0 saturated carbocycles. The van der Waals surface area contributed by atoms with E-state index in [9.17, 15) is 5.11 Å². The SMILES string of the molecule is CCCC[C@H](O)c1cncnc1. The Labute approximate surface area is 72.5 Å². The lowest BCUT2D eigenvalue weighted by Gasteiger charge is -2.07. The van der Waals surface area contributed by atoms with E-state index in [0.717, 1.165) is 24.8 Å². The van der Waals surface area contributed by atoms with E-state index in [1.165, 1.54) is 6.33 Å². The van der Waals surface area contributed by atoms with Crippen molar-refractivity contribution in [3.8, 4) is 0 Å². The molecule has 0 amide bonds. The van der Waals surface area contributed by atoms with Gasteiger partial charge in [0.05, 0.1) is 6.10 Å². The van der Waals surface area contributed by atoms with Crippen molar-refractivity contribution >= 4 is 0 Å². The molecule has 0 aliphatic heterocycles. The third kappa shape index (κ3) is 2.58. The Balaban J connectivity index is 2.48. The maximum absolute atomic E-state index is 9.57. The average molecular weight is 166 g/mol. The van der Waals surface area contributed by atoms with Crippen LogP contribution in [0.3, 0.4) is 0 Å². The zero-order valence-corrected chi connectivity index (χ0v) is 7.27. The molecule has 0 aromatic carbocycles. The highest BCUT2D eigenvalue weighted by molar-refractivity contribution is 5.05. The predicted octanol–water partition coefficient (Wildman–Crippen LogP) is 1.70. The van der Waals surface area contributed by atoms with Gasteiger partial charge in [-0.1, -0.05) is 19.8 Å². The maximum atomic E-state index is 9.57. The van der Waals surface area contributed by atoms with Crippen molar-refractivity contribution in [2.75, 3.05) is 0 Å². The molecule has 1 atom stereocenters. The molecule has 1 rings (SSSR count). The van der Waals surface area contributed by atoms with E-state index < -0.39 is 6.10 Å². The fourth-order valence-electron chi connectivity index (χ4n) is 1.05. The summed E-state index contributed by atoms with van der Waals surface area (Å²) in [6, 6.07) is 0. The lowest BCUT2D eigenvalue weighted by molar-refractivity contribution is 0.163. The molecule has 1 aromatic rings. The Morgan fingerprint density at radius 3 is 2.67 bits per heavy atom. The zero-order chi connectivity index (χ0) is 8.81. The van der Waals surface area contributed by atoms with Crippen LogP contribution in [0.1, 0.15) is 37.9 Å². The zero-order valence-electron chi connectivity index (χ0n) is 7.27. The normalized spacial score (nSPS) is 12.8. The van der Waals surface area contributed by atoms with Gasteiger partial charge in [0.25, 0.3) is 0 Å². The van der Waals surface area contributed by atoms with E-state index in [2.05, 4.69) is 16.9 Å². The Morgan fingerprint density at radius 1 is 1.42 bits per heavy atom. The molecule has 12 heavy (non-hydrogen) atoms. The van der Waals surface area contributed by atoms with Crippen LogP contribution in [0.25, 0.3) is 0 Å². The first-order chi connectivity index (χ1) is 5.84. The number of rotatable bonds is 4. The van der Waals surface area contributed by atoms with Crippen LogP contribution in [0, 0.1) is 0 Å². The van der Waals surface area contributed by atoms with Crippen LogP contribution in [-0.2, 0) is 0 Å². The molecule has 3 heteroatoms. The van der Waals surface area contributed by atoms with Gasteiger partial charge in [-0.15, -0.1) is 0 Å². The third-order valence-corrected chi connectivity index (χ3v) is 1.80. The molecule has 66 valence electrons. The first-order valence-electron chi connectivity index (χ1n) is 4.27. The summed E-state index contributed by atoms with van der Waals surface area (Å²) in [5.41, 5.74) is 0.811. The summed E-state index contributed by atoms with van der Waals surface area (Å²) >= 11 is 0. The quantitative estimate of drug-likeness (QED) is 0.740. The van der Waals surface area contributed by atoms with Gasteiger partial charge in [0, 0.05) is 18.0 Å². The van der Waals surface area contributed by atoms with Gasteiger partial charge in [-0.25, -0.2) is 9.97 Å². The number of nitrogens with zero attached hydrogens (tertiary/aromatic N) is 2. The molecule has 1 aromatic heterocycles. The van der Waals surface area contributed by atoms with Crippen LogP contribution in [0.4, 0.5) is 0 Å². The number of hydrogen-bond donors (Lipinski definition) is 1. The van der Waals surface area contributed by atoms with Gasteiger partial charge < -0.3 is 5.11 Å². The largest absolute Gasteiger partial charge is 0.388 e. The van der Waals surface area contributed by atoms with Crippen LogP contribution in [-0.4, -0.2) is 15.1 Å². The summed E-state index contributed by atoms with van der Waals surface area (Å²) in [4.78, 5) is 7.69. The van der Waals surface area contributed by atoms with Crippen LogP contribution in [0.5, 0.6) is 0 Å². The van der Waals surface area contributed by atoms with E-state index in [1.807, 2.05) is 0 Å². The minimum Gasteiger partial charge on any atom is -0.388 e. The van der Waals surface area contributed by atoms with E-state index in [4.69, 9.17) is 0 Å². The smallest absolute Gasteiger partial charge is 0.115 e. The minimum absolute atomic E-state index is 0.397. The number of aliphatic hydroxyl groups is 1. The molecular formula is C9H14N2O. The minimum atomic E-state index is -0.397. The van der Waals surface area contributed by atoms with Crippen molar-refractivity contribution < 1.29 is 5.11 Å². The van der Waals surface area contributed by atoms with Gasteiger partial charge >= 0.3 is 0 Å². The van der Waals surface area contributed by atoms with Crippen molar-refractivity contribution in [1.82, 2.24) is 9.97 Å². The summed E-state index contributed by atoms with van der Waals surface area (Å²) in [5.74, 6) is 0. The molecule has 0 radical (unpaired) electrons. The standard InChI is InChI=1S/C9H14N2O/c1-2-3-4-9(12)8-5-10-7-11-6-8/h5-7,9,12H,2-4H2,1H3/t9-/m0/s1. The molecule has 0 spiro atoms. The van der Waals surface area contributed by atoms with Gasteiger partial charge in [-0.2, -0.15) is 0 Å². The predicted molar refractivity (Wildman–Crippen MR) is 46.5 cm³/mol. The Hall–Kier alpha value is -0.960. The van der Waals surface area contributed by atoms with Gasteiger partial charge in [0.1, 0.15) is 6.33 Å². The fourth-order valence-corrected chi connectivity index (χ4v) is 1.05. The summed E-state index contributed by atoms with van der Waals surface area (Å²) in [7, 11) is 0. The number of aromatic nitrogens is 2. The van der Waals surface area contributed by atoms with Crippen molar-refractivity contribution in [1.29, 1.82) is 0 Å². The van der Waals surface area contributed by atoms with Gasteiger partial charge in [-0.3, -0.25) is 0 Å². The molecule has 0 aliphatic carbocycles. The van der Waals surface area contributed by atoms with Crippen LogP contribution >= 0.6 is 0 Å². The molecule has 1 N–H and O–H groups in total. The highest BCUT2D eigenvalue weighted by atomic mass is 16.3. The number of aliphatic hydroxyl groups excluding tert-OH is 1. The highest BCUT2D eigenvalue weighted by Crippen LogP contribution is 2.16. The van der Waals surface area contributed by atoms with E-state index >= 15 is 0 Å². The molecule has 3 nitrogen and oxygen atoms in total. The summed E-state index contributed by atoms with van der Waals surface area (Å²) in [5, 5.41) is 9.57. The van der Waals surface area contributed by atoms with Crippen molar-refractivity contribution in [2.24, 2.45) is 0 Å². The van der Waals surface area contributed by atoms with E-state index in [1.54, 1.807) is 12.4 Å². The molecule has 0 bridgehead atoms. The molecule has 1 heterocycles. The average Bonchev–Trinajstić information content (AvgIpc) is 2.15. The van der Waals surface area contributed by atoms with Crippen LogP contribution in [0.2, 0.25) is 0 Å². The molecule has 0 unspecified atom stereocenters. The first-order valence-corrected chi connectivity index (χ1v) is 4.27. The highest BCUT2D eigenvalue weighted by Gasteiger charge is 2.05. The molecule has 0 saturated heterocycles. The van der Waals surface area contributed by atoms with Crippen molar-refractivity contribution in [2.45, 2.75) is 32.3 Å². The summed E-state index contributed by atoms with van der Waals surface area (Å²) < 4.78 is 0. The Bertz CT molecular complexity index is 213. The Morgan fingerprint density at radius 2 is 2.08 bits per heavy atom. The second kappa shape index (κ2) is 4.83.